The van der Waals surface area contributed by atoms with E-state index >= 15 is 0 Å². The molecule has 0 heterocycles. The predicted octanol–water partition coefficient (Wildman–Crippen LogP) is 12.2. The molecule has 0 aliphatic rings. The number of unbranched alkanes of at least 4 members (excludes halogenated alkanes) is 24. The highest BCUT2D eigenvalue weighted by Crippen LogP contribution is 2.15. The van der Waals surface area contributed by atoms with E-state index in [0.29, 0.717) is 25.1 Å². The summed E-state index contributed by atoms with van der Waals surface area (Å²) in [7, 11) is 0. The van der Waals surface area contributed by atoms with Gasteiger partial charge in [0.05, 0.1) is 6.61 Å². The Morgan fingerprint density at radius 1 is 0.447 bits per heavy atom. The summed E-state index contributed by atoms with van der Waals surface area (Å²) in [4.78, 5) is 36.7. The number of ether oxygens (including phenoxy) is 4. The zero-order valence-corrected chi connectivity index (χ0v) is 31.4. The summed E-state index contributed by atoms with van der Waals surface area (Å²) in [6.07, 6.45) is 31.6. The van der Waals surface area contributed by atoms with Crippen LogP contribution in [0.4, 0.5) is 4.79 Å². The maximum atomic E-state index is 12.3. The Bertz CT molecular complexity index is 657. The lowest BCUT2D eigenvalue weighted by Gasteiger charge is -2.18. The van der Waals surface area contributed by atoms with Crippen molar-refractivity contribution in [2.24, 2.45) is 0 Å². The Balaban J connectivity index is 4.06. The third-order valence-corrected chi connectivity index (χ3v) is 8.86. The van der Waals surface area contributed by atoms with Crippen LogP contribution in [0.15, 0.2) is 0 Å². The van der Waals surface area contributed by atoms with Crippen molar-refractivity contribution in [1.29, 1.82) is 0 Å². The second kappa shape index (κ2) is 37.3. The quantitative estimate of drug-likeness (QED) is 0.0280. The van der Waals surface area contributed by atoms with Crippen LogP contribution >= 0.6 is 11.6 Å². The van der Waals surface area contributed by atoms with Crippen molar-refractivity contribution < 1.29 is 33.3 Å². The van der Waals surface area contributed by atoms with Gasteiger partial charge in [0.2, 0.25) is 0 Å². The van der Waals surface area contributed by atoms with E-state index in [0.717, 1.165) is 38.5 Å². The van der Waals surface area contributed by atoms with Gasteiger partial charge in [-0.05, 0) is 19.3 Å². The SMILES string of the molecule is CCCCCCCCCCCCCCCC(=O)OCC(COC(=O)CCCCCCCCCCCCCCC)OC(=O)OCCCCl. The van der Waals surface area contributed by atoms with E-state index in [1.807, 2.05) is 0 Å². The predicted molar refractivity (Wildman–Crippen MR) is 194 cm³/mol. The number of carbonyl (C=O) groups excluding carboxylic acids is 3. The Morgan fingerprint density at radius 2 is 0.766 bits per heavy atom. The second-order valence-electron chi connectivity index (χ2n) is 13.2. The minimum absolute atomic E-state index is 0.132. The molecule has 0 aromatic rings. The van der Waals surface area contributed by atoms with Gasteiger partial charge in [0, 0.05) is 18.7 Å². The molecule has 0 N–H and O–H groups in total. The van der Waals surface area contributed by atoms with Crippen LogP contribution in [0.3, 0.4) is 0 Å². The van der Waals surface area contributed by atoms with Crippen LogP contribution in [-0.2, 0) is 28.5 Å². The van der Waals surface area contributed by atoms with E-state index in [1.54, 1.807) is 0 Å². The molecule has 0 saturated heterocycles. The summed E-state index contributed by atoms with van der Waals surface area (Å²) >= 11 is 5.64. The summed E-state index contributed by atoms with van der Waals surface area (Å²) in [6.45, 7) is 4.29. The lowest BCUT2D eigenvalue weighted by atomic mass is 10.0. The molecule has 0 fully saturated rings. The van der Waals surface area contributed by atoms with Gasteiger partial charge in [-0.1, -0.05) is 168 Å². The topological polar surface area (TPSA) is 88.1 Å². The second-order valence-corrected chi connectivity index (χ2v) is 13.6. The Morgan fingerprint density at radius 3 is 1.09 bits per heavy atom. The van der Waals surface area contributed by atoms with E-state index in [4.69, 9.17) is 30.5 Å². The smallest absolute Gasteiger partial charge is 0.462 e. The lowest BCUT2D eigenvalue weighted by Crippen LogP contribution is -2.31. The van der Waals surface area contributed by atoms with Crippen molar-refractivity contribution in [3.8, 4) is 0 Å². The first-order chi connectivity index (χ1) is 23.0. The minimum Gasteiger partial charge on any atom is -0.462 e. The van der Waals surface area contributed by atoms with E-state index in [1.165, 1.54) is 128 Å². The van der Waals surface area contributed by atoms with Gasteiger partial charge in [0.1, 0.15) is 13.2 Å². The molecule has 8 heteroatoms. The number of esters is 2. The molecular weight excluding hydrogens is 616 g/mol. The van der Waals surface area contributed by atoms with Crippen molar-refractivity contribution >= 4 is 29.7 Å². The van der Waals surface area contributed by atoms with E-state index in [2.05, 4.69) is 13.8 Å². The number of hydrogen-bond acceptors (Lipinski definition) is 7. The van der Waals surface area contributed by atoms with E-state index in [9.17, 15) is 14.4 Å². The van der Waals surface area contributed by atoms with Crippen LogP contribution in [-0.4, -0.2) is 49.9 Å². The van der Waals surface area contributed by atoms with E-state index < -0.39 is 12.3 Å². The van der Waals surface area contributed by atoms with Gasteiger partial charge >= 0.3 is 18.1 Å². The molecule has 0 saturated carbocycles. The Hall–Kier alpha value is -1.50. The molecule has 0 aromatic carbocycles. The van der Waals surface area contributed by atoms with Crippen molar-refractivity contribution in [3.63, 3.8) is 0 Å². The maximum Gasteiger partial charge on any atom is 0.508 e. The largest absolute Gasteiger partial charge is 0.508 e. The van der Waals surface area contributed by atoms with Gasteiger partial charge in [-0.2, -0.15) is 0 Å². The van der Waals surface area contributed by atoms with Crippen LogP contribution in [0.1, 0.15) is 200 Å². The van der Waals surface area contributed by atoms with Gasteiger partial charge in [-0.3, -0.25) is 9.59 Å². The van der Waals surface area contributed by atoms with Gasteiger partial charge in [-0.25, -0.2) is 4.79 Å². The van der Waals surface area contributed by atoms with Crippen LogP contribution in [0.2, 0.25) is 0 Å². The fourth-order valence-electron chi connectivity index (χ4n) is 5.59. The first kappa shape index (κ1) is 45.5. The lowest BCUT2D eigenvalue weighted by molar-refractivity contribution is -0.153. The van der Waals surface area contributed by atoms with E-state index in [-0.39, 0.29) is 31.8 Å². The molecule has 0 spiro atoms. The Kier molecular flexibility index (Phi) is 36.1. The standard InChI is InChI=1S/C39H73ClO7/c1-3-5-7-9-11-13-15-17-19-21-23-25-27-30-37(41)45-34-36(47-39(43)44-33-29-32-40)35-46-38(42)31-28-26-24-22-20-18-16-14-12-10-8-6-4-2/h36H,3-35H2,1-2H3. The maximum absolute atomic E-state index is 12.3. The minimum atomic E-state index is -0.912. The number of alkyl halides is 1. The molecular formula is C39H73ClO7. The summed E-state index contributed by atoms with van der Waals surface area (Å²) in [5.74, 6) is -0.310. The van der Waals surface area contributed by atoms with Gasteiger partial charge in [0.15, 0.2) is 6.10 Å². The highest BCUT2D eigenvalue weighted by molar-refractivity contribution is 6.17. The zero-order chi connectivity index (χ0) is 34.5. The number of halogens is 1. The molecule has 0 aromatic heterocycles. The van der Waals surface area contributed by atoms with Crippen molar-refractivity contribution in [2.75, 3.05) is 25.7 Å². The Labute approximate surface area is 294 Å². The van der Waals surface area contributed by atoms with Gasteiger partial charge in [0.25, 0.3) is 0 Å². The highest BCUT2D eigenvalue weighted by atomic mass is 35.5. The number of carbonyl (C=O) groups is 3. The van der Waals surface area contributed by atoms with Crippen LogP contribution < -0.4 is 0 Å². The monoisotopic (exact) mass is 689 g/mol. The molecule has 278 valence electrons. The van der Waals surface area contributed by atoms with Gasteiger partial charge < -0.3 is 18.9 Å². The van der Waals surface area contributed by atoms with Crippen molar-refractivity contribution in [3.05, 3.63) is 0 Å². The van der Waals surface area contributed by atoms with Gasteiger partial charge in [-0.15, -0.1) is 11.6 Å². The molecule has 0 unspecified atom stereocenters. The summed E-state index contributed by atoms with van der Waals surface area (Å²) in [6, 6.07) is 0. The fourth-order valence-corrected chi connectivity index (χ4v) is 5.70. The third kappa shape index (κ3) is 35.6. The molecule has 0 amide bonds. The molecule has 0 aliphatic carbocycles. The molecule has 0 radical (unpaired) electrons. The average molecular weight is 689 g/mol. The molecule has 0 atom stereocenters. The van der Waals surface area contributed by atoms with Crippen LogP contribution in [0.25, 0.3) is 0 Å². The van der Waals surface area contributed by atoms with Crippen LogP contribution in [0.5, 0.6) is 0 Å². The first-order valence-corrected chi connectivity index (χ1v) is 20.3. The first-order valence-electron chi connectivity index (χ1n) is 19.7. The summed E-state index contributed by atoms with van der Waals surface area (Å²) in [5.41, 5.74) is 0. The normalized spacial score (nSPS) is 11.1. The number of hydrogen-bond donors (Lipinski definition) is 0. The number of rotatable bonds is 36. The summed E-state index contributed by atoms with van der Waals surface area (Å²) in [5, 5.41) is 0. The third-order valence-electron chi connectivity index (χ3n) is 8.59. The average Bonchev–Trinajstić information content (AvgIpc) is 3.06. The molecule has 0 bridgehead atoms. The van der Waals surface area contributed by atoms with Crippen molar-refractivity contribution in [2.45, 2.75) is 206 Å². The zero-order valence-electron chi connectivity index (χ0n) is 30.6. The molecule has 0 aliphatic heterocycles. The molecule has 47 heavy (non-hydrogen) atoms. The molecule has 7 nitrogen and oxygen atoms in total. The summed E-state index contributed by atoms with van der Waals surface area (Å²) < 4.78 is 21.0. The fraction of sp³-hybridized carbons (Fsp3) is 0.923. The highest BCUT2D eigenvalue weighted by Gasteiger charge is 2.20. The molecule has 0 rings (SSSR count). The van der Waals surface area contributed by atoms with Crippen molar-refractivity contribution in [1.82, 2.24) is 0 Å². The van der Waals surface area contributed by atoms with Crippen LogP contribution in [0, 0.1) is 0 Å².